The topological polar surface area (TPSA) is 68.1 Å². The highest BCUT2D eigenvalue weighted by molar-refractivity contribution is 5.79. The van der Waals surface area contributed by atoms with Crippen molar-refractivity contribution in [2.45, 2.75) is 93.8 Å². The van der Waals surface area contributed by atoms with E-state index in [1.54, 1.807) is 19.5 Å². The summed E-state index contributed by atoms with van der Waals surface area (Å²) in [6.45, 7) is 19.5. The van der Waals surface area contributed by atoms with E-state index in [9.17, 15) is 9.90 Å². The first-order chi connectivity index (χ1) is 14.8. The number of aliphatic carboxylic acids is 1. The van der Waals surface area contributed by atoms with E-state index in [0.717, 1.165) is 40.0 Å². The Labute approximate surface area is 195 Å². The van der Waals surface area contributed by atoms with Crippen LogP contribution in [0.3, 0.4) is 0 Å². The number of ether oxygens (including phenoxy) is 2. The van der Waals surface area contributed by atoms with E-state index in [1.807, 2.05) is 67.5 Å². The van der Waals surface area contributed by atoms with Crippen molar-refractivity contribution in [1.82, 2.24) is 0 Å². The van der Waals surface area contributed by atoms with Crippen LogP contribution in [-0.4, -0.2) is 36.1 Å². The van der Waals surface area contributed by atoms with Crippen LogP contribution in [0.25, 0.3) is 0 Å². The number of carboxylic acids is 1. The molecule has 0 fully saturated rings. The minimum atomic E-state index is -1.09. The van der Waals surface area contributed by atoms with Gasteiger partial charge in [-0.1, -0.05) is 19.9 Å². The van der Waals surface area contributed by atoms with Crippen LogP contribution in [0, 0.1) is 0 Å². The second kappa shape index (κ2) is 13.9. The van der Waals surface area contributed by atoms with Gasteiger partial charge in [-0.05, 0) is 108 Å². The second-order valence-corrected chi connectivity index (χ2v) is 8.69. The minimum absolute atomic E-state index is 0.624. The lowest BCUT2D eigenvalue weighted by atomic mass is 9.85. The molecule has 1 atom stereocenters. The Morgan fingerprint density at radius 2 is 1.62 bits per heavy atom. The Kier molecular flexibility index (Phi) is 12.9. The molecule has 0 aliphatic heterocycles. The van der Waals surface area contributed by atoms with Gasteiger partial charge in [0.1, 0.15) is 0 Å². The fourth-order valence-corrected chi connectivity index (χ4v) is 3.26. The molecule has 5 heteroatoms. The summed E-state index contributed by atoms with van der Waals surface area (Å²) >= 11 is 0. The van der Waals surface area contributed by atoms with E-state index >= 15 is 0 Å². The molecule has 0 rings (SSSR count). The van der Waals surface area contributed by atoms with Gasteiger partial charge < -0.3 is 14.6 Å². The van der Waals surface area contributed by atoms with Crippen molar-refractivity contribution in [3.05, 3.63) is 57.5 Å². The molecule has 0 aromatic rings. The smallest absolute Gasteiger partial charge is 0.337 e. The molecule has 0 saturated carbocycles. The van der Waals surface area contributed by atoms with Crippen molar-refractivity contribution in [3.63, 3.8) is 0 Å². The van der Waals surface area contributed by atoms with Crippen LogP contribution in [0.15, 0.2) is 62.5 Å². The molecule has 0 spiro atoms. The Hall–Kier alpha value is -2.40. The maximum Gasteiger partial charge on any atom is 0.337 e. The van der Waals surface area contributed by atoms with Gasteiger partial charge in [0.2, 0.25) is 0 Å². The number of hydrogen-bond acceptors (Lipinski definition) is 4. The lowest BCUT2D eigenvalue weighted by Crippen LogP contribution is -2.36. The molecule has 0 radical (unpaired) electrons. The quantitative estimate of drug-likeness (QED) is 0.208. The van der Waals surface area contributed by atoms with Gasteiger partial charge in [0.15, 0.2) is 6.10 Å². The van der Waals surface area contributed by atoms with Gasteiger partial charge in [-0.15, -0.1) is 0 Å². The maximum atomic E-state index is 12.5. The molecular weight excluding hydrogens is 402 g/mol. The normalized spacial score (nSPS) is 16.7. The lowest BCUT2D eigenvalue weighted by molar-refractivity contribution is -0.155. The molecule has 32 heavy (non-hydrogen) atoms. The number of rotatable bonds is 11. The first kappa shape index (κ1) is 29.6. The van der Waals surface area contributed by atoms with Crippen molar-refractivity contribution < 1.29 is 19.4 Å². The predicted molar refractivity (Wildman–Crippen MR) is 135 cm³/mol. The zero-order chi connectivity index (χ0) is 25.1. The van der Waals surface area contributed by atoms with Crippen LogP contribution in [0.1, 0.15) is 82.1 Å². The van der Waals surface area contributed by atoms with E-state index in [4.69, 9.17) is 9.47 Å². The summed E-state index contributed by atoms with van der Waals surface area (Å²) in [5.41, 5.74) is 4.98. The summed E-state index contributed by atoms with van der Waals surface area (Å²) in [5.74, 6) is -0.214. The minimum Gasteiger partial charge on any atom is -0.501 e. The van der Waals surface area contributed by atoms with Crippen molar-refractivity contribution >= 4 is 12.2 Å². The van der Waals surface area contributed by atoms with Crippen LogP contribution >= 0.6 is 0 Å². The van der Waals surface area contributed by atoms with Crippen molar-refractivity contribution in [1.29, 1.82) is 0 Å². The highest BCUT2D eigenvalue weighted by atomic mass is 16.5. The number of methoxy groups -OCH3 is 1. The highest BCUT2D eigenvalue weighted by Crippen LogP contribution is 2.34. The van der Waals surface area contributed by atoms with Crippen molar-refractivity contribution in [2.75, 3.05) is 7.11 Å². The number of hydrogen-bond donors (Lipinski definition) is 1. The van der Waals surface area contributed by atoms with E-state index < -0.39 is 17.7 Å². The van der Waals surface area contributed by atoms with E-state index in [1.165, 1.54) is 0 Å². The fraction of sp³-hybridized carbons (Fsp3) is 0.556. The molecule has 0 bridgehead atoms. The highest BCUT2D eigenvalue weighted by Gasteiger charge is 2.32. The third kappa shape index (κ3) is 9.39. The van der Waals surface area contributed by atoms with E-state index in [2.05, 4.69) is 18.8 Å². The molecule has 0 aromatic heterocycles. The number of allylic oxidation sites excluding steroid dienone is 7. The molecule has 5 nitrogen and oxygen atoms in total. The second-order valence-electron chi connectivity index (χ2n) is 8.69. The van der Waals surface area contributed by atoms with Gasteiger partial charge >= 0.3 is 5.97 Å². The van der Waals surface area contributed by atoms with Crippen molar-refractivity contribution in [3.8, 4) is 0 Å². The number of carboxylic acid groups (broad SMARTS) is 1. The van der Waals surface area contributed by atoms with Crippen LogP contribution < -0.4 is 0 Å². The first-order valence-electron chi connectivity index (χ1n) is 11.2. The summed E-state index contributed by atoms with van der Waals surface area (Å²) in [6, 6.07) is 0. The third-order valence-corrected chi connectivity index (χ3v) is 5.22. The van der Waals surface area contributed by atoms with Gasteiger partial charge in [0.05, 0.1) is 18.5 Å². The average Bonchev–Trinajstić information content (AvgIpc) is 2.73. The molecule has 0 aliphatic rings. The lowest BCUT2D eigenvalue weighted by Gasteiger charge is -2.30. The molecule has 0 aliphatic carbocycles. The van der Waals surface area contributed by atoms with Gasteiger partial charge in [-0.3, -0.25) is 4.99 Å². The average molecular weight is 446 g/mol. The summed E-state index contributed by atoms with van der Waals surface area (Å²) < 4.78 is 11.4. The molecule has 0 heterocycles. The molecule has 0 saturated heterocycles. The molecule has 1 unspecified atom stereocenters. The molecule has 180 valence electrons. The van der Waals surface area contributed by atoms with Crippen LogP contribution in [0.2, 0.25) is 0 Å². The summed E-state index contributed by atoms with van der Waals surface area (Å²) in [7, 11) is 1.63. The van der Waals surface area contributed by atoms with E-state index in [-0.39, 0.29) is 0 Å². The summed E-state index contributed by atoms with van der Waals surface area (Å²) in [4.78, 5) is 16.7. The summed E-state index contributed by atoms with van der Waals surface area (Å²) in [5, 5.41) is 10.2. The van der Waals surface area contributed by atoms with Gasteiger partial charge in [0, 0.05) is 12.4 Å². The Morgan fingerprint density at radius 3 is 2.03 bits per heavy atom. The fourth-order valence-electron chi connectivity index (χ4n) is 3.26. The number of aliphatic imine (C=N–C) groups is 1. The van der Waals surface area contributed by atoms with Crippen molar-refractivity contribution in [2.24, 2.45) is 4.99 Å². The number of nitrogens with zero attached hydrogens (tertiary/aromatic N) is 1. The van der Waals surface area contributed by atoms with Gasteiger partial charge in [-0.2, -0.15) is 0 Å². The number of carbonyl (C=O) groups is 1. The van der Waals surface area contributed by atoms with E-state index in [0.29, 0.717) is 12.0 Å². The van der Waals surface area contributed by atoms with Crippen LogP contribution in [0.4, 0.5) is 0 Å². The standard InChI is InChI=1S/C27H43NO4/c1-12-22(16-15-19(5)31-11)23(13-2)24(25(26(29)30)32-27(8,9)10)21(7)20(6)18(4)17-28-14-3/h14-17,25H,12-13H2,1-11H3,(H,29,30). The molecule has 0 aromatic carbocycles. The first-order valence-corrected chi connectivity index (χ1v) is 11.2. The Balaban J connectivity index is 7.32. The Bertz CT molecular complexity index is 830. The van der Waals surface area contributed by atoms with Gasteiger partial charge in [0.25, 0.3) is 0 Å². The monoisotopic (exact) mass is 445 g/mol. The zero-order valence-corrected chi connectivity index (χ0v) is 21.9. The third-order valence-electron chi connectivity index (χ3n) is 5.22. The largest absolute Gasteiger partial charge is 0.501 e. The maximum absolute atomic E-state index is 12.5. The molecule has 1 N–H and O–H groups in total. The zero-order valence-electron chi connectivity index (χ0n) is 21.9. The molecular formula is C27H43NO4. The van der Waals surface area contributed by atoms with Gasteiger partial charge in [-0.25, -0.2) is 4.79 Å². The van der Waals surface area contributed by atoms with Crippen LogP contribution in [0.5, 0.6) is 0 Å². The predicted octanol–water partition coefficient (Wildman–Crippen LogP) is 7.18. The summed E-state index contributed by atoms with van der Waals surface area (Å²) in [6.07, 6.45) is 7.79. The Morgan fingerprint density at radius 1 is 1.03 bits per heavy atom. The SMILES string of the molecule is CC=NC=C(C)C(C)=C(C)C(=C(CC)C(=CC=C(C)OC)CC)C(OC(C)(C)C)C(=O)O. The molecule has 0 amide bonds. The van der Waals surface area contributed by atoms with Crippen LogP contribution in [-0.2, 0) is 14.3 Å².